The van der Waals surface area contributed by atoms with Crippen molar-refractivity contribution in [1.29, 1.82) is 0 Å². The molecule has 1 aliphatic heterocycles. The van der Waals surface area contributed by atoms with Gasteiger partial charge in [0, 0.05) is 21.7 Å². The fraction of sp³-hybridized carbons (Fsp3) is 0.111. The van der Waals surface area contributed by atoms with Crippen molar-refractivity contribution in [2.75, 3.05) is 13.8 Å². The van der Waals surface area contributed by atoms with Crippen molar-refractivity contribution in [2.24, 2.45) is 7.05 Å². The van der Waals surface area contributed by atoms with Crippen LogP contribution in [-0.2, 0) is 11.8 Å². The molecule has 1 aliphatic rings. The number of nitrogens with zero attached hydrogens (tertiary/aromatic N) is 1. The minimum atomic E-state index is -0.382. The standard InChI is InChI=1S/C27H23NO2PS2/c1-28-21-8-4-6-10-23(21)32-25(28)16-20(18-12-14-19(15-13-18)27(29)30-2)17-26-31(3)22-9-5-7-11-24(22)33-26/h4-17H,1-3H3/q+1. The highest BCUT2D eigenvalue weighted by Gasteiger charge is 2.24. The fourth-order valence-electron chi connectivity index (χ4n) is 3.88. The summed E-state index contributed by atoms with van der Waals surface area (Å²) in [5, 5.41) is 2.62. The summed E-state index contributed by atoms with van der Waals surface area (Å²) >= 11 is 3.66. The van der Waals surface area contributed by atoms with E-state index in [0.717, 1.165) is 11.1 Å². The lowest BCUT2D eigenvalue weighted by Crippen LogP contribution is -2.28. The van der Waals surface area contributed by atoms with Gasteiger partial charge in [0.05, 0.1) is 12.7 Å². The molecule has 0 saturated carbocycles. The summed E-state index contributed by atoms with van der Waals surface area (Å²) in [4.78, 5) is 13.3. The van der Waals surface area contributed by atoms with E-state index in [-0.39, 0.29) is 13.9 Å². The van der Waals surface area contributed by atoms with Gasteiger partial charge in [0.1, 0.15) is 11.7 Å². The lowest BCUT2D eigenvalue weighted by molar-refractivity contribution is -0.642. The highest BCUT2D eigenvalue weighted by atomic mass is 32.2. The average Bonchev–Trinajstić information content (AvgIpc) is 3.34. The number of thioether (sulfide) groups is 1. The number of hydrogen-bond acceptors (Lipinski definition) is 4. The van der Waals surface area contributed by atoms with Crippen molar-refractivity contribution in [3.05, 3.63) is 99.7 Å². The van der Waals surface area contributed by atoms with E-state index in [9.17, 15) is 4.79 Å². The molecule has 1 atom stereocenters. The first-order chi connectivity index (χ1) is 16.0. The van der Waals surface area contributed by atoms with Crippen LogP contribution in [0.4, 0.5) is 0 Å². The molecule has 0 fully saturated rings. The number of carbonyl (C=O) groups excluding carboxylic acids is 1. The topological polar surface area (TPSA) is 30.2 Å². The molecule has 0 spiro atoms. The number of fused-ring (bicyclic) bond motifs is 2. The molecule has 1 unspecified atom stereocenters. The Labute approximate surface area is 203 Å². The third kappa shape index (κ3) is 4.29. The fourth-order valence-corrected chi connectivity index (χ4v) is 8.69. The van der Waals surface area contributed by atoms with Crippen LogP contribution < -0.4 is 9.87 Å². The Hall–Kier alpha value is -2.72. The molecule has 0 N–H and O–H groups in total. The van der Waals surface area contributed by atoms with Crippen LogP contribution in [-0.4, -0.2) is 19.7 Å². The van der Waals surface area contributed by atoms with Crippen molar-refractivity contribution in [3.8, 4) is 0 Å². The molecule has 33 heavy (non-hydrogen) atoms. The summed E-state index contributed by atoms with van der Waals surface area (Å²) in [6.45, 7) is 2.33. The van der Waals surface area contributed by atoms with Crippen LogP contribution in [0, 0.1) is 0 Å². The van der Waals surface area contributed by atoms with Crippen LogP contribution in [0.2, 0.25) is 0 Å². The highest BCUT2D eigenvalue weighted by Crippen LogP contribution is 2.57. The van der Waals surface area contributed by atoms with Crippen LogP contribution in [0.3, 0.4) is 0 Å². The molecular weight excluding hydrogens is 465 g/mol. The number of aryl methyl sites for hydroxylation is 1. The predicted molar refractivity (Wildman–Crippen MR) is 142 cm³/mol. The maximum atomic E-state index is 11.9. The molecule has 3 aromatic carbocycles. The second-order valence-corrected chi connectivity index (χ2v) is 12.3. The molecule has 0 amide bonds. The van der Waals surface area contributed by atoms with Crippen molar-refractivity contribution in [3.63, 3.8) is 0 Å². The van der Waals surface area contributed by atoms with E-state index >= 15 is 0 Å². The van der Waals surface area contributed by atoms with Crippen LogP contribution >= 0.6 is 31.0 Å². The SMILES string of the molecule is COC(=O)c1ccc(C(=Cc2sc3ccccc3[n+]2C)C=C2Sc3ccccc3P2C)cc1. The van der Waals surface area contributed by atoms with Gasteiger partial charge in [-0.3, -0.25) is 0 Å². The third-order valence-corrected chi connectivity index (χ3v) is 11.0. The highest BCUT2D eigenvalue weighted by molar-refractivity contribution is 8.14. The lowest BCUT2D eigenvalue weighted by Gasteiger charge is -2.09. The summed E-state index contributed by atoms with van der Waals surface area (Å²) in [5.41, 5.74) is 3.99. The molecule has 164 valence electrons. The molecule has 3 nitrogen and oxygen atoms in total. The minimum Gasteiger partial charge on any atom is -0.465 e. The number of para-hydroxylation sites is 1. The zero-order chi connectivity index (χ0) is 22.9. The summed E-state index contributed by atoms with van der Waals surface area (Å²) in [6, 6.07) is 24.9. The van der Waals surface area contributed by atoms with Gasteiger partial charge in [-0.2, -0.15) is 4.57 Å². The molecule has 0 saturated heterocycles. The zero-order valence-corrected chi connectivity index (χ0v) is 21.1. The summed E-state index contributed by atoms with van der Waals surface area (Å²) in [7, 11) is 3.14. The Morgan fingerprint density at radius 3 is 2.39 bits per heavy atom. The quantitative estimate of drug-likeness (QED) is 0.188. The maximum Gasteiger partial charge on any atom is 0.337 e. The summed E-state index contributed by atoms with van der Waals surface area (Å²) in [5.74, 6) is -0.319. The predicted octanol–water partition coefficient (Wildman–Crippen LogP) is 6.44. The Bertz CT molecular complexity index is 1420. The van der Waals surface area contributed by atoms with Gasteiger partial charge in [0.25, 0.3) is 5.01 Å². The van der Waals surface area contributed by atoms with Crippen molar-refractivity contribution >= 4 is 64.2 Å². The average molecular weight is 489 g/mol. The number of thiazole rings is 1. The number of carbonyl (C=O) groups is 1. The van der Waals surface area contributed by atoms with Gasteiger partial charge in [-0.25, -0.2) is 4.79 Å². The van der Waals surface area contributed by atoms with Gasteiger partial charge >= 0.3 is 5.97 Å². The molecule has 4 aromatic rings. The summed E-state index contributed by atoms with van der Waals surface area (Å²) in [6.07, 6.45) is 4.59. The molecule has 0 radical (unpaired) electrons. The van der Waals surface area contributed by atoms with E-state index in [2.05, 4.69) is 79.0 Å². The Morgan fingerprint density at radius 2 is 1.67 bits per heavy atom. The van der Waals surface area contributed by atoms with Gasteiger partial charge in [-0.05, 0) is 61.4 Å². The van der Waals surface area contributed by atoms with Gasteiger partial charge in [-0.15, -0.1) is 0 Å². The molecule has 2 heterocycles. The first kappa shape index (κ1) is 22.1. The number of aromatic nitrogens is 1. The minimum absolute atomic E-state index is 0.319. The Balaban J connectivity index is 1.62. The van der Waals surface area contributed by atoms with Gasteiger partial charge < -0.3 is 4.74 Å². The van der Waals surface area contributed by atoms with Gasteiger partial charge in [0.2, 0.25) is 5.52 Å². The molecule has 1 aromatic heterocycles. The maximum absolute atomic E-state index is 11.9. The van der Waals surface area contributed by atoms with Crippen LogP contribution in [0.15, 0.2) is 88.4 Å². The largest absolute Gasteiger partial charge is 0.465 e. The van der Waals surface area contributed by atoms with E-state index in [0.29, 0.717) is 5.56 Å². The van der Waals surface area contributed by atoms with E-state index in [1.54, 1.807) is 11.3 Å². The first-order valence-corrected chi connectivity index (χ1v) is 14.0. The van der Waals surface area contributed by atoms with Gasteiger partial charge in [-0.1, -0.05) is 65.6 Å². The lowest BCUT2D eigenvalue weighted by atomic mass is 10.0. The Kier molecular flexibility index (Phi) is 6.20. The Morgan fingerprint density at radius 1 is 0.970 bits per heavy atom. The normalized spacial score (nSPS) is 16.9. The molecular formula is C27H23NO2PS2+. The number of methoxy groups -OCH3 is 1. The molecule has 6 heteroatoms. The van der Waals surface area contributed by atoms with E-state index in [1.165, 1.54) is 37.2 Å². The monoisotopic (exact) mass is 488 g/mol. The number of benzene rings is 3. The van der Waals surface area contributed by atoms with E-state index in [4.69, 9.17) is 4.74 Å². The van der Waals surface area contributed by atoms with Crippen molar-refractivity contribution in [2.45, 2.75) is 4.90 Å². The van der Waals surface area contributed by atoms with Crippen LogP contribution in [0.5, 0.6) is 0 Å². The number of ether oxygens (including phenoxy) is 1. The van der Waals surface area contributed by atoms with E-state index < -0.39 is 0 Å². The number of rotatable bonds is 4. The molecule has 0 aliphatic carbocycles. The van der Waals surface area contributed by atoms with Crippen molar-refractivity contribution < 1.29 is 14.1 Å². The number of hydrogen-bond donors (Lipinski definition) is 0. The number of esters is 1. The summed E-state index contributed by atoms with van der Waals surface area (Å²) < 4.78 is 9.76. The second kappa shape index (κ2) is 9.26. The third-order valence-electron chi connectivity index (χ3n) is 5.74. The smallest absolute Gasteiger partial charge is 0.337 e. The zero-order valence-electron chi connectivity index (χ0n) is 18.6. The van der Waals surface area contributed by atoms with Crippen molar-refractivity contribution in [1.82, 2.24) is 0 Å². The van der Waals surface area contributed by atoms with Crippen LogP contribution in [0.1, 0.15) is 20.9 Å². The first-order valence-electron chi connectivity index (χ1n) is 10.6. The van der Waals surface area contributed by atoms with E-state index in [1.807, 2.05) is 36.0 Å². The molecule has 0 bridgehead atoms. The molecule has 5 rings (SSSR count). The second-order valence-electron chi connectivity index (χ2n) is 7.75. The van der Waals surface area contributed by atoms with Gasteiger partial charge in [0.15, 0.2) is 0 Å². The number of allylic oxidation sites excluding steroid dienone is 2. The van der Waals surface area contributed by atoms with Crippen LogP contribution in [0.25, 0.3) is 21.9 Å².